The number of hydrogen-bond donors (Lipinski definition) is 0. The molecule has 0 saturated heterocycles. The molecule has 0 heterocycles. The molecule has 0 spiro atoms. The van der Waals surface area contributed by atoms with Crippen LogP contribution in [-0.4, -0.2) is 0 Å². The molecule has 0 saturated carbocycles. The topological polar surface area (TPSA) is 0 Å². The van der Waals surface area contributed by atoms with Gasteiger partial charge in [0.2, 0.25) is 0 Å². The molecule has 0 aromatic heterocycles. The van der Waals surface area contributed by atoms with Crippen molar-refractivity contribution in [3.8, 4) is 0 Å². The third kappa shape index (κ3) is 2.21. The van der Waals surface area contributed by atoms with E-state index in [1.54, 1.807) is 20.2 Å². The van der Waals surface area contributed by atoms with Crippen LogP contribution < -0.4 is 0 Å². The van der Waals surface area contributed by atoms with Crippen LogP contribution in [0.2, 0.25) is 0 Å². The summed E-state index contributed by atoms with van der Waals surface area (Å²) >= 11 is 1.50. The number of allylic oxidation sites excluding steroid dienone is 8. The fourth-order valence-corrected chi connectivity index (χ4v) is 4.94. The van der Waals surface area contributed by atoms with E-state index in [2.05, 4.69) is 55.4 Å². The van der Waals surface area contributed by atoms with Gasteiger partial charge < -0.3 is 0 Å². The second-order valence-electron chi connectivity index (χ2n) is 6.04. The standard InChI is InChI=1S/2C9H13.Co/c2*1-6-5-7(2)9(4)8(6)3;/h2*6H,1-4H3;. The van der Waals surface area contributed by atoms with Gasteiger partial charge in [0.15, 0.2) is 0 Å². The number of rotatable bonds is 2. The molecule has 1 heteroatoms. The van der Waals surface area contributed by atoms with Crippen molar-refractivity contribution in [3.63, 3.8) is 0 Å². The first-order valence-electron chi connectivity index (χ1n) is 7.14. The van der Waals surface area contributed by atoms with Crippen molar-refractivity contribution in [1.82, 2.24) is 0 Å². The molecule has 0 radical (unpaired) electrons. The average Bonchev–Trinajstić information content (AvgIpc) is 2.68. The van der Waals surface area contributed by atoms with E-state index in [-0.39, 0.29) is 0 Å². The van der Waals surface area contributed by atoms with E-state index in [9.17, 15) is 0 Å². The molecule has 0 aromatic rings. The van der Waals surface area contributed by atoms with Gasteiger partial charge >= 0.3 is 124 Å². The van der Waals surface area contributed by atoms with Gasteiger partial charge in [-0.05, 0) is 0 Å². The van der Waals surface area contributed by atoms with E-state index in [1.165, 1.54) is 37.0 Å². The predicted octanol–water partition coefficient (Wildman–Crippen LogP) is 5.59. The fraction of sp³-hybridized carbons (Fsp3) is 0.556. The molecule has 2 aliphatic rings. The Morgan fingerprint density at radius 1 is 0.579 bits per heavy atom. The second kappa shape index (κ2) is 5.10. The van der Waals surface area contributed by atoms with Crippen LogP contribution in [0.15, 0.2) is 42.5 Å². The summed E-state index contributed by atoms with van der Waals surface area (Å²) in [7, 11) is 0. The third-order valence-electron chi connectivity index (χ3n) is 5.19. The van der Waals surface area contributed by atoms with E-state index < -0.39 is 0 Å². The number of hydrogen-bond acceptors (Lipinski definition) is 0. The van der Waals surface area contributed by atoms with E-state index in [4.69, 9.17) is 0 Å². The van der Waals surface area contributed by atoms with Crippen LogP contribution in [0.3, 0.4) is 0 Å². The summed E-state index contributed by atoms with van der Waals surface area (Å²) in [6, 6.07) is 0. The zero-order valence-electron chi connectivity index (χ0n) is 13.5. The summed E-state index contributed by atoms with van der Waals surface area (Å²) in [5, 5.41) is 0. The molecule has 0 fully saturated rings. The Morgan fingerprint density at radius 2 is 0.895 bits per heavy atom. The van der Waals surface area contributed by atoms with Gasteiger partial charge in [0, 0.05) is 0 Å². The summed E-state index contributed by atoms with van der Waals surface area (Å²) in [6.07, 6.45) is 0. The maximum absolute atomic E-state index is 2.36. The molecule has 0 aliphatic heterocycles. The third-order valence-corrected chi connectivity index (χ3v) is 7.43. The van der Waals surface area contributed by atoms with Crippen LogP contribution in [0.5, 0.6) is 0 Å². The summed E-state index contributed by atoms with van der Waals surface area (Å²) < 4.78 is 3.24. The van der Waals surface area contributed by atoms with Crippen molar-refractivity contribution >= 4 is 0 Å². The van der Waals surface area contributed by atoms with E-state index in [1.807, 2.05) is 0 Å². The Labute approximate surface area is 124 Å². The molecule has 2 unspecified atom stereocenters. The first-order valence-corrected chi connectivity index (χ1v) is 8.18. The minimum atomic E-state index is 0.619. The van der Waals surface area contributed by atoms with Gasteiger partial charge in [-0.3, -0.25) is 0 Å². The van der Waals surface area contributed by atoms with Gasteiger partial charge in [0.1, 0.15) is 0 Å². The van der Waals surface area contributed by atoms with Crippen LogP contribution in [-0.2, 0) is 14.7 Å². The fourth-order valence-electron chi connectivity index (χ4n) is 2.96. The normalized spacial score (nSPS) is 28.6. The first kappa shape index (κ1) is 14.9. The van der Waals surface area contributed by atoms with E-state index >= 15 is 0 Å². The Bertz CT molecular complexity index is 502. The van der Waals surface area contributed by atoms with E-state index in [0.29, 0.717) is 11.8 Å². The molecule has 2 aliphatic carbocycles. The Balaban J connectivity index is 2.32. The zero-order valence-corrected chi connectivity index (χ0v) is 14.5. The van der Waals surface area contributed by atoms with Gasteiger partial charge in [-0.2, -0.15) is 0 Å². The van der Waals surface area contributed by atoms with Crippen LogP contribution >= 0.6 is 0 Å². The molecular weight excluding hydrogens is 275 g/mol. The molecule has 107 valence electrons. The van der Waals surface area contributed by atoms with Crippen molar-refractivity contribution in [3.05, 3.63) is 42.5 Å². The van der Waals surface area contributed by atoms with Gasteiger partial charge in [0.25, 0.3) is 0 Å². The van der Waals surface area contributed by atoms with Crippen molar-refractivity contribution in [1.29, 1.82) is 0 Å². The molecule has 0 N–H and O–H groups in total. The summed E-state index contributed by atoms with van der Waals surface area (Å²) in [4.78, 5) is 0. The van der Waals surface area contributed by atoms with Crippen LogP contribution in [0, 0.1) is 11.8 Å². The van der Waals surface area contributed by atoms with Crippen LogP contribution in [0.4, 0.5) is 0 Å². The summed E-state index contributed by atoms with van der Waals surface area (Å²) in [5.41, 5.74) is 9.20. The van der Waals surface area contributed by atoms with Crippen molar-refractivity contribution in [2.45, 2.75) is 55.4 Å². The summed E-state index contributed by atoms with van der Waals surface area (Å²) in [5.74, 6) is 1.24. The van der Waals surface area contributed by atoms with Crippen LogP contribution in [0.1, 0.15) is 55.4 Å². The molecular formula is C18H26Co. The van der Waals surface area contributed by atoms with E-state index in [0.717, 1.165) is 0 Å². The molecule has 0 aromatic carbocycles. The van der Waals surface area contributed by atoms with Crippen molar-refractivity contribution < 1.29 is 14.7 Å². The second-order valence-corrected chi connectivity index (χ2v) is 7.42. The van der Waals surface area contributed by atoms with Gasteiger partial charge in [0.05, 0.1) is 0 Å². The first-order chi connectivity index (χ1) is 8.77. The Morgan fingerprint density at radius 3 is 1.11 bits per heavy atom. The van der Waals surface area contributed by atoms with Gasteiger partial charge in [-0.15, -0.1) is 0 Å². The molecule has 2 rings (SSSR count). The van der Waals surface area contributed by atoms with Crippen molar-refractivity contribution in [2.75, 3.05) is 0 Å². The Hall–Kier alpha value is -0.534. The maximum atomic E-state index is 2.36. The average molecular weight is 301 g/mol. The zero-order chi connectivity index (χ0) is 14.5. The summed E-state index contributed by atoms with van der Waals surface area (Å²) in [6.45, 7) is 18.4. The molecule has 2 atom stereocenters. The minimum absolute atomic E-state index is 0.619. The Kier molecular flexibility index (Phi) is 3.99. The molecule has 19 heavy (non-hydrogen) atoms. The monoisotopic (exact) mass is 301 g/mol. The molecule has 0 nitrogen and oxygen atoms in total. The predicted molar refractivity (Wildman–Crippen MR) is 80.5 cm³/mol. The van der Waals surface area contributed by atoms with Crippen LogP contribution in [0.25, 0.3) is 0 Å². The quantitative estimate of drug-likeness (QED) is 0.623. The molecule has 0 bridgehead atoms. The van der Waals surface area contributed by atoms with Crippen molar-refractivity contribution in [2.24, 2.45) is 11.8 Å². The SMILES string of the molecule is CC1=C(C)C(C)[C]([Co][C]2=C(C)C(C)=C(C)C2C)=C1C. The van der Waals surface area contributed by atoms with Gasteiger partial charge in [-0.25, -0.2) is 0 Å². The van der Waals surface area contributed by atoms with Gasteiger partial charge in [-0.1, -0.05) is 0 Å². The molecule has 0 amide bonds.